The van der Waals surface area contributed by atoms with Crippen LogP contribution in [0.4, 0.5) is 0 Å². The molecule has 1 aliphatic rings. The van der Waals surface area contributed by atoms with Crippen LogP contribution in [0.1, 0.15) is 42.1 Å². The SMILES string of the molecule is C/C=N/OC(c1ccccc1C(=NOC)C(=O)N(C)C)C1CC1c1c(Cl)cccc1Cl. The molecule has 1 fully saturated rings. The Hall–Kier alpha value is -2.57. The summed E-state index contributed by atoms with van der Waals surface area (Å²) in [7, 11) is 4.75. The number of amides is 1. The van der Waals surface area contributed by atoms with Crippen molar-refractivity contribution in [3.63, 3.8) is 0 Å². The monoisotopic (exact) mass is 461 g/mol. The van der Waals surface area contributed by atoms with Crippen LogP contribution in [0.15, 0.2) is 52.8 Å². The van der Waals surface area contributed by atoms with E-state index in [9.17, 15) is 4.79 Å². The fourth-order valence-electron chi connectivity index (χ4n) is 3.71. The van der Waals surface area contributed by atoms with Gasteiger partial charge in [-0.05, 0) is 37.0 Å². The second-order valence-corrected chi connectivity index (χ2v) is 8.25. The quantitative estimate of drug-likeness (QED) is 0.395. The van der Waals surface area contributed by atoms with Gasteiger partial charge in [-0.3, -0.25) is 4.79 Å². The molecule has 0 radical (unpaired) electrons. The van der Waals surface area contributed by atoms with Crippen molar-refractivity contribution in [1.82, 2.24) is 4.90 Å². The second-order valence-electron chi connectivity index (χ2n) is 7.44. The van der Waals surface area contributed by atoms with Crippen LogP contribution >= 0.6 is 23.2 Å². The van der Waals surface area contributed by atoms with Crippen molar-refractivity contribution in [3.05, 3.63) is 69.2 Å². The molecule has 164 valence electrons. The van der Waals surface area contributed by atoms with Gasteiger partial charge in [0.15, 0.2) is 11.8 Å². The zero-order valence-corrected chi connectivity index (χ0v) is 19.4. The molecule has 1 amide bonds. The standard InChI is InChI=1S/C23H25Cl2N3O3/c1-5-26-31-22(17-13-16(17)20-18(24)11-8-12-19(20)25)15-10-7-6-9-14(15)21(27-30-4)23(29)28(2)3/h5-12,16-17,22H,13H2,1-4H3/b26-5+,27-21?. The molecule has 0 N–H and O–H groups in total. The molecule has 8 heteroatoms. The summed E-state index contributed by atoms with van der Waals surface area (Å²) in [6, 6.07) is 13.0. The summed E-state index contributed by atoms with van der Waals surface area (Å²) in [5.41, 5.74) is 2.55. The summed E-state index contributed by atoms with van der Waals surface area (Å²) >= 11 is 12.9. The van der Waals surface area contributed by atoms with E-state index in [2.05, 4.69) is 10.3 Å². The maximum absolute atomic E-state index is 12.8. The second kappa shape index (κ2) is 10.2. The van der Waals surface area contributed by atoms with E-state index in [0.717, 1.165) is 17.5 Å². The summed E-state index contributed by atoms with van der Waals surface area (Å²) in [4.78, 5) is 25.1. The molecule has 6 nitrogen and oxygen atoms in total. The summed E-state index contributed by atoms with van der Waals surface area (Å²) in [6.07, 6.45) is 2.01. The number of rotatable bonds is 8. The third-order valence-corrected chi connectivity index (χ3v) is 5.85. The Bertz CT molecular complexity index is 987. The average Bonchev–Trinajstić information content (AvgIpc) is 3.52. The van der Waals surface area contributed by atoms with Crippen molar-refractivity contribution in [3.8, 4) is 0 Å². The molecule has 0 spiro atoms. The van der Waals surface area contributed by atoms with Gasteiger partial charge in [-0.25, -0.2) is 0 Å². The largest absolute Gasteiger partial charge is 0.398 e. The highest BCUT2D eigenvalue weighted by Crippen LogP contribution is 2.58. The summed E-state index contributed by atoms with van der Waals surface area (Å²) in [5, 5.41) is 9.33. The maximum atomic E-state index is 12.8. The van der Waals surface area contributed by atoms with E-state index in [-0.39, 0.29) is 23.5 Å². The van der Waals surface area contributed by atoms with E-state index < -0.39 is 6.10 Å². The number of carbonyl (C=O) groups is 1. The molecule has 3 atom stereocenters. The third-order valence-electron chi connectivity index (χ3n) is 5.19. The molecular formula is C23H25Cl2N3O3. The summed E-state index contributed by atoms with van der Waals surface area (Å²) in [6.45, 7) is 1.78. The van der Waals surface area contributed by atoms with Crippen LogP contribution < -0.4 is 0 Å². The molecule has 3 unspecified atom stereocenters. The predicted molar refractivity (Wildman–Crippen MR) is 124 cm³/mol. The summed E-state index contributed by atoms with van der Waals surface area (Å²) in [5.74, 6) is -0.0623. The van der Waals surface area contributed by atoms with E-state index in [1.807, 2.05) is 42.5 Å². The van der Waals surface area contributed by atoms with E-state index in [1.165, 1.54) is 12.0 Å². The van der Waals surface area contributed by atoms with Crippen LogP contribution in [0.2, 0.25) is 10.0 Å². The number of nitrogens with zero attached hydrogens (tertiary/aromatic N) is 3. The predicted octanol–water partition coefficient (Wildman–Crippen LogP) is 5.30. The van der Waals surface area contributed by atoms with Gasteiger partial charge in [-0.2, -0.15) is 0 Å². The van der Waals surface area contributed by atoms with Gasteiger partial charge in [0.1, 0.15) is 7.11 Å². The number of hydrogen-bond donors (Lipinski definition) is 0. The highest BCUT2D eigenvalue weighted by atomic mass is 35.5. The molecule has 1 aliphatic carbocycles. The van der Waals surface area contributed by atoms with E-state index in [4.69, 9.17) is 32.9 Å². The van der Waals surface area contributed by atoms with Gasteiger partial charge in [-0.15, -0.1) is 0 Å². The molecule has 0 saturated heterocycles. The first kappa shape index (κ1) is 23.1. The highest BCUT2D eigenvalue weighted by Gasteiger charge is 2.48. The average molecular weight is 462 g/mol. The molecule has 0 heterocycles. The van der Waals surface area contributed by atoms with Crippen molar-refractivity contribution in [1.29, 1.82) is 0 Å². The smallest absolute Gasteiger partial charge is 0.276 e. The van der Waals surface area contributed by atoms with Crippen molar-refractivity contribution in [2.45, 2.75) is 25.4 Å². The lowest BCUT2D eigenvalue weighted by Crippen LogP contribution is -2.31. The van der Waals surface area contributed by atoms with Gasteiger partial charge in [0.05, 0.1) is 0 Å². The Morgan fingerprint density at radius 2 is 1.84 bits per heavy atom. The lowest BCUT2D eigenvalue weighted by Gasteiger charge is -2.21. The molecule has 1 saturated carbocycles. The minimum absolute atomic E-state index is 0.0838. The Labute approximate surface area is 192 Å². The van der Waals surface area contributed by atoms with Crippen molar-refractivity contribution >= 4 is 41.0 Å². The normalized spacial score (nSPS) is 19.2. The van der Waals surface area contributed by atoms with Crippen LogP contribution in [0.3, 0.4) is 0 Å². The molecule has 0 aliphatic heterocycles. The van der Waals surface area contributed by atoms with Crippen molar-refractivity contribution < 1.29 is 14.5 Å². The zero-order valence-electron chi connectivity index (χ0n) is 17.9. The number of hydrogen-bond acceptors (Lipinski definition) is 5. The van der Waals surface area contributed by atoms with Crippen LogP contribution in [-0.4, -0.2) is 43.9 Å². The minimum Gasteiger partial charge on any atom is -0.398 e. The lowest BCUT2D eigenvalue weighted by molar-refractivity contribution is -0.121. The minimum atomic E-state index is -0.415. The zero-order chi connectivity index (χ0) is 22.5. The maximum Gasteiger partial charge on any atom is 0.276 e. The third kappa shape index (κ3) is 5.02. The molecule has 31 heavy (non-hydrogen) atoms. The van der Waals surface area contributed by atoms with Crippen molar-refractivity contribution in [2.24, 2.45) is 16.2 Å². The van der Waals surface area contributed by atoms with E-state index in [1.54, 1.807) is 27.2 Å². The topological polar surface area (TPSA) is 63.5 Å². The van der Waals surface area contributed by atoms with Crippen LogP contribution in [-0.2, 0) is 14.5 Å². The number of likely N-dealkylation sites (N-methyl/N-ethyl adjacent to an activating group) is 1. The first-order chi connectivity index (χ1) is 14.9. The fourth-order valence-corrected chi connectivity index (χ4v) is 4.38. The Morgan fingerprint density at radius 3 is 2.45 bits per heavy atom. The fraction of sp³-hybridized carbons (Fsp3) is 0.348. The van der Waals surface area contributed by atoms with E-state index >= 15 is 0 Å². The number of benzene rings is 2. The Morgan fingerprint density at radius 1 is 1.16 bits per heavy atom. The molecule has 3 rings (SSSR count). The Balaban J connectivity index is 2.04. The van der Waals surface area contributed by atoms with Crippen LogP contribution in [0, 0.1) is 5.92 Å². The van der Waals surface area contributed by atoms with Gasteiger partial charge in [0, 0.05) is 47.4 Å². The molecule has 2 aromatic rings. The van der Waals surface area contributed by atoms with Gasteiger partial charge in [0.25, 0.3) is 5.91 Å². The first-order valence-corrected chi connectivity index (χ1v) is 10.7. The van der Waals surface area contributed by atoms with Gasteiger partial charge >= 0.3 is 0 Å². The van der Waals surface area contributed by atoms with Gasteiger partial charge < -0.3 is 14.6 Å². The molecule has 2 aromatic carbocycles. The van der Waals surface area contributed by atoms with Crippen LogP contribution in [0.25, 0.3) is 0 Å². The first-order valence-electron chi connectivity index (χ1n) is 9.90. The van der Waals surface area contributed by atoms with Gasteiger partial charge in [0.2, 0.25) is 0 Å². The highest BCUT2D eigenvalue weighted by molar-refractivity contribution is 6.45. The summed E-state index contributed by atoms with van der Waals surface area (Å²) < 4.78 is 0. The molecule has 0 aromatic heterocycles. The molecule has 0 bridgehead atoms. The number of carbonyl (C=O) groups excluding carboxylic acids is 1. The number of oxime groups is 2. The lowest BCUT2D eigenvalue weighted by atomic mass is 9.94. The van der Waals surface area contributed by atoms with Crippen molar-refractivity contribution in [2.75, 3.05) is 21.2 Å². The molecular weight excluding hydrogens is 437 g/mol. The van der Waals surface area contributed by atoms with Crippen LogP contribution in [0.5, 0.6) is 0 Å². The number of halogens is 2. The van der Waals surface area contributed by atoms with Gasteiger partial charge in [-0.1, -0.05) is 63.8 Å². The Kier molecular flexibility index (Phi) is 7.57. The van der Waals surface area contributed by atoms with E-state index in [0.29, 0.717) is 15.6 Å².